The highest BCUT2D eigenvalue weighted by Crippen LogP contribution is 2.33. The van der Waals surface area contributed by atoms with Crippen LogP contribution in [0.25, 0.3) is 0 Å². The Morgan fingerprint density at radius 1 is 1.25 bits per heavy atom. The van der Waals surface area contributed by atoms with Crippen LogP contribution in [0, 0.1) is 0 Å². The second kappa shape index (κ2) is 6.88. The van der Waals surface area contributed by atoms with Crippen LogP contribution in [0.2, 0.25) is 5.02 Å². The summed E-state index contributed by atoms with van der Waals surface area (Å²) in [6.07, 6.45) is 1.69. The van der Waals surface area contributed by atoms with E-state index in [4.69, 9.17) is 21.1 Å². The molecule has 7 heteroatoms. The molecular weight excluding hydrogens is 332 g/mol. The number of aliphatic carboxylic acids is 1. The molecule has 1 aliphatic rings. The quantitative estimate of drug-likeness (QED) is 0.898. The minimum absolute atomic E-state index is 0.107. The second-order valence-corrected chi connectivity index (χ2v) is 5.86. The number of carbonyl (C=O) groups excluding carboxylic acids is 1. The Hall–Kier alpha value is -2.60. The highest BCUT2D eigenvalue weighted by Gasteiger charge is 2.34. The average molecular weight is 347 g/mol. The van der Waals surface area contributed by atoms with Crippen molar-refractivity contribution in [3.8, 4) is 0 Å². The van der Waals surface area contributed by atoms with Gasteiger partial charge in [-0.2, -0.15) is 5.10 Å². The molecule has 1 aromatic heterocycles. The summed E-state index contributed by atoms with van der Waals surface area (Å²) in [6.45, 7) is 0. The Morgan fingerprint density at radius 2 is 2.00 bits per heavy atom. The number of benzene rings is 1. The minimum atomic E-state index is -1.01. The molecule has 3 rings (SSSR count). The molecule has 2 aromatic rings. The number of carboxylic acid groups (broad SMARTS) is 1. The normalized spacial score (nSPS) is 17.0. The van der Waals surface area contributed by atoms with Gasteiger partial charge < -0.3 is 9.52 Å². The molecule has 6 nitrogen and oxygen atoms in total. The first-order chi connectivity index (χ1) is 11.5. The van der Waals surface area contributed by atoms with Crippen LogP contribution in [0.3, 0.4) is 0 Å². The van der Waals surface area contributed by atoms with E-state index >= 15 is 0 Å². The molecule has 1 aromatic carbocycles. The van der Waals surface area contributed by atoms with E-state index in [1.165, 1.54) is 11.3 Å². The van der Waals surface area contributed by atoms with Crippen molar-refractivity contribution in [2.45, 2.75) is 25.3 Å². The molecule has 0 bridgehead atoms. The lowest BCUT2D eigenvalue weighted by Gasteiger charge is -2.19. The Morgan fingerprint density at radius 3 is 2.62 bits per heavy atom. The summed E-state index contributed by atoms with van der Waals surface area (Å²) in [7, 11) is 0. The zero-order valence-electron chi connectivity index (χ0n) is 12.7. The summed E-state index contributed by atoms with van der Waals surface area (Å²) in [4.78, 5) is 23.1. The van der Waals surface area contributed by atoms with Gasteiger partial charge in [0.25, 0.3) is 0 Å². The van der Waals surface area contributed by atoms with Crippen LogP contribution in [0.15, 0.2) is 52.2 Å². The number of amides is 1. The summed E-state index contributed by atoms with van der Waals surface area (Å²) < 4.78 is 5.42. The standard InChI is InChI=1S/C17H15ClN2O4/c18-12-5-3-11(4-6-12)13-10-14(15-2-1-9-24-15)20(19-13)16(21)7-8-17(22)23/h1-6,9,14H,7-8,10H2,(H,22,23). The van der Waals surface area contributed by atoms with Crippen molar-refractivity contribution < 1.29 is 19.1 Å². The van der Waals surface area contributed by atoms with Crippen molar-refractivity contribution in [3.63, 3.8) is 0 Å². The van der Waals surface area contributed by atoms with Gasteiger partial charge in [-0.3, -0.25) is 9.59 Å². The molecule has 124 valence electrons. The van der Waals surface area contributed by atoms with Crippen LogP contribution in [0.1, 0.15) is 36.6 Å². The Kier molecular flexibility index (Phi) is 4.66. The predicted octanol–water partition coefficient (Wildman–Crippen LogP) is 3.48. The first-order valence-corrected chi connectivity index (χ1v) is 7.83. The van der Waals surface area contributed by atoms with Gasteiger partial charge in [0.1, 0.15) is 11.8 Å². The zero-order chi connectivity index (χ0) is 17.1. The van der Waals surface area contributed by atoms with Crippen LogP contribution >= 0.6 is 11.6 Å². The number of hydrogen-bond acceptors (Lipinski definition) is 4. The first kappa shape index (κ1) is 16.3. The third-order valence-electron chi connectivity index (χ3n) is 3.77. The number of carbonyl (C=O) groups is 2. The van der Waals surface area contributed by atoms with Gasteiger partial charge in [0.15, 0.2) is 0 Å². The smallest absolute Gasteiger partial charge is 0.303 e. The first-order valence-electron chi connectivity index (χ1n) is 7.45. The molecular formula is C17H15ClN2O4. The molecule has 0 aliphatic carbocycles. The van der Waals surface area contributed by atoms with Crippen molar-refractivity contribution in [1.29, 1.82) is 0 Å². The van der Waals surface area contributed by atoms with Crippen molar-refractivity contribution in [1.82, 2.24) is 5.01 Å². The lowest BCUT2D eigenvalue weighted by molar-refractivity contribution is -0.141. The van der Waals surface area contributed by atoms with Crippen LogP contribution in [0.4, 0.5) is 0 Å². The van der Waals surface area contributed by atoms with Crippen molar-refractivity contribution in [2.75, 3.05) is 0 Å². The third-order valence-corrected chi connectivity index (χ3v) is 4.02. The van der Waals surface area contributed by atoms with E-state index < -0.39 is 5.97 Å². The maximum atomic E-state index is 12.4. The molecule has 1 N–H and O–H groups in total. The van der Waals surface area contributed by atoms with Gasteiger partial charge >= 0.3 is 5.97 Å². The molecule has 1 unspecified atom stereocenters. The van der Waals surface area contributed by atoms with E-state index in [-0.39, 0.29) is 24.8 Å². The molecule has 0 saturated heterocycles. The highest BCUT2D eigenvalue weighted by molar-refractivity contribution is 6.30. The fourth-order valence-electron chi connectivity index (χ4n) is 2.59. The molecule has 1 atom stereocenters. The summed E-state index contributed by atoms with van der Waals surface area (Å²) >= 11 is 5.90. The third kappa shape index (κ3) is 3.49. The predicted molar refractivity (Wildman–Crippen MR) is 87.8 cm³/mol. The van der Waals surface area contributed by atoms with Gasteiger partial charge in [-0.05, 0) is 29.8 Å². The molecule has 0 spiro atoms. The molecule has 24 heavy (non-hydrogen) atoms. The van der Waals surface area contributed by atoms with Crippen LogP contribution in [-0.4, -0.2) is 27.7 Å². The SMILES string of the molecule is O=C(O)CCC(=O)N1N=C(c2ccc(Cl)cc2)CC1c1ccco1. The largest absolute Gasteiger partial charge is 0.481 e. The second-order valence-electron chi connectivity index (χ2n) is 5.42. The van der Waals surface area contributed by atoms with Gasteiger partial charge in [0.05, 0.1) is 18.4 Å². The summed E-state index contributed by atoms with van der Waals surface area (Å²) in [5.74, 6) is -0.742. The molecule has 1 amide bonds. The van der Waals surface area contributed by atoms with Crippen molar-refractivity contribution in [2.24, 2.45) is 5.10 Å². The Balaban J connectivity index is 1.86. The van der Waals surface area contributed by atoms with Crippen LogP contribution < -0.4 is 0 Å². The van der Waals surface area contributed by atoms with E-state index in [1.807, 2.05) is 12.1 Å². The van der Waals surface area contributed by atoms with Crippen molar-refractivity contribution >= 4 is 29.2 Å². The fraction of sp³-hybridized carbons (Fsp3) is 0.235. The molecule has 0 radical (unpaired) electrons. The van der Waals surface area contributed by atoms with Gasteiger partial charge in [0, 0.05) is 17.9 Å². The lowest BCUT2D eigenvalue weighted by atomic mass is 10.0. The number of halogens is 1. The molecule has 0 saturated carbocycles. The fourth-order valence-corrected chi connectivity index (χ4v) is 2.71. The van der Waals surface area contributed by atoms with E-state index in [0.29, 0.717) is 17.2 Å². The molecule has 1 aliphatic heterocycles. The van der Waals surface area contributed by atoms with Gasteiger partial charge in [-0.15, -0.1) is 0 Å². The van der Waals surface area contributed by atoms with Gasteiger partial charge in [-0.25, -0.2) is 5.01 Å². The maximum absolute atomic E-state index is 12.4. The van der Waals surface area contributed by atoms with Gasteiger partial charge in [0.2, 0.25) is 5.91 Å². The van der Waals surface area contributed by atoms with Crippen LogP contribution in [0.5, 0.6) is 0 Å². The number of furan rings is 1. The zero-order valence-corrected chi connectivity index (χ0v) is 13.4. The number of rotatable bonds is 5. The van der Waals surface area contributed by atoms with Crippen molar-refractivity contribution in [3.05, 3.63) is 59.0 Å². The monoisotopic (exact) mass is 346 g/mol. The average Bonchev–Trinajstić information content (AvgIpc) is 3.22. The molecule has 2 heterocycles. The summed E-state index contributed by atoms with van der Waals surface area (Å²) in [6, 6.07) is 10.4. The van der Waals surface area contributed by atoms with E-state index in [2.05, 4.69) is 5.10 Å². The number of nitrogens with zero attached hydrogens (tertiary/aromatic N) is 2. The maximum Gasteiger partial charge on any atom is 0.303 e. The summed E-state index contributed by atoms with van der Waals surface area (Å²) in [5.41, 5.74) is 1.60. The Labute approximate surface area is 143 Å². The Bertz CT molecular complexity index is 768. The van der Waals surface area contributed by atoms with Gasteiger partial charge in [-0.1, -0.05) is 23.7 Å². The highest BCUT2D eigenvalue weighted by atomic mass is 35.5. The number of hydrogen-bond donors (Lipinski definition) is 1. The topological polar surface area (TPSA) is 83.1 Å². The van der Waals surface area contributed by atoms with E-state index in [1.54, 1.807) is 24.3 Å². The van der Waals surface area contributed by atoms with E-state index in [0.717, 1.165) is 11.3 Å². The summed E-state index contributed by atoms with van der Waals surface area (Å²) in [5, 5.41) is 15.1. The minimum Gasteiger partial charge on any atom is -0.481 e. The van der Waals surface area contributed by atoms with Crippen LogP contribution in [-0.2, 0) is 9.59 Å². The molecule has 0 fully saturated rings. The number of carboxylic acids is 1. The lowest BCUT2D eigenvalue weighted by Crippen LogP contribution is -2.27. The van der Waals surface area contributed by atoms with E-state index in [9.17, 15) is 9.59 Å². The number of hydrazone groups is 1.